The van der Waals surface area contributed by atoms with Crippen LogP contribution in [0.2, 0.25) is 0 Å². The fourth-order valence-electron chi connectivity index (χ4n) is 2.76. The lowest BCUT2D eigenvalue weighted by Crippen LogP contribution is -2.43. The first kappa shape index (κ1) is 12.7. The van der Waals surface area contributed by atoms with Gasteiger partial charge in [-0.05, 0) is 42.7 Å². The number of nitrogens with zero attached hydrogens (tertiary/aromatic N) is 1. The van der Waals surface area contributed by atoms with Crippen molar-refractivity contribution in [3.8, 4) is 0 Å². The third kappa shape index (κ3) is 3.16. The summed E-state index contributed by atoms with van der Waals surface area (Å²) in [5, 5.41) is 0. The number of rotatable bonds is 3. The number of amides is 1. The molecule has 0 unspecified atom stereocenters. The molecule has 102 valence electrons. The maximum Gasteiger partial charge on any atom is 0.226 e. The number of carbonyl (C=O) groups is 1. The predicted octanol–water partition coefficient (Wildman–Crippen LogP) is 2.06. The zero-order valence-electron chi connectivity index (χ0n) is 11.3. The van der Waals surface area contributed by atoms with Gasteiger partial charge in [-0.25, -0.2) is 0 Å². The van der Waals surface area contributed by atoms with Crippen molar-refractivity contribution in [2.75, 3.05) is 13.1 Å². The molecule has 1 heterocycles. The maximum absolute atomic E-state index is 12.2. The van der Waals surface area contributed by atoms with Crippen molar-refractivity contribution >= 4 is 5.91 Å². The maximum atomic E-state index is 12.2. The molecule has 0 bridgehead atoms. The van der Waals surface area contributed by atoms with Crippen LogP contribution in [0.3, 0.4) is 0 Å². The van der Waals surface area contributed by atoms with Gasteiger partial charge in [0.15, 0.2) is 0 Å². The molecule has 2 fully saturated rings. The summed E-state index contributed by atoms with van der Waals surface area (Å²) in [5.41, 5.74) is 8.42. The number of likely N-dealkylation sites (tertiary alicyclic amines) is 1. The van der Waals surface area contributed by atoms with Crippen LogP contribution in [0.4, 0.5) is 0 Å². The number of nitrogens with two attached hydrogens (primary N) is 1. The van der Waals surface area contributed by atoms with Gasteiger partial charge in [0.2, 0.25) is 5.91 Å². The number of hydrogen-bond donors (Lipinski definition) is 1. The first-order valence-corrected chi connectivity index (χ1v) is 7.34. The number of piperidine rings is 1. The topological polar surface area (TPSA) is 46.3 Å². The van der Waals surface area contributed by atoms with Gasteiger partial charge in [-0.1, -0.05) is 24.3 Å². The van der Waals surface area contributed by atoms with Gasteiger partial charge in [0.05, 0.1) is 6.42 Å². The minimum Gasteiger partial charge on any atom is -0.342 e. The van der Waals surface area contributed by atoms with Crippen molar-refractivity contribution in [2.24, 2.45) is 5.73 Å². The highest BCUT2D eigenvalue weighted by Gasteiger charge is 2.23. The minimum atomic E-state index is 0.242. The molecule has 1 aliphatic heterocycles. The van der Waals surface area contributed by atoms with Crippen LogP contribution < -0.4 is 5.73 Å². The highest BCUT2D eigenvalue weighted by Crippen LogP contribution is 2.39. The predicted molar refractivity (Wildman–Crippen MR) is 75.9 cm³/mol. The monoisotopic (exact) mass is 258 g/mol. The van der Waals surface area contributed by atoms with Crippen LogP contribution in [-0.4, -0.2) is 29.9 Å². The Morgan fingerprint density at radius 1 is 1.11 bits per heavy atom. The molecule has 1 saturated heterocycles. The Morgan fingerprint density at radius 3 is 2.32 bits per heavy atom. The Balaban J connectivity index is 1.56. The van der Waals surface area contributed by atoms with Gasteiger partial charge in [-0.15, -0.1) is 0 Å². The van der Waals surface area contributed by atoms with Gasteiger partial charge in [-0.2, -0.15) is 0 Å². The van der Waals surface area contributed by atoms with E-state index in [1.165, 1.54) is 18.4 Å². The van der Waals surface area contributed by atoms with Gasteiger partial charge in [0.25, 0.3) is 0 Å². The van der Waals surface area contributed by atoms with Gasteiger partial charge in [0.1, 0.15) is 0 Å². The zero-order chi connectivity index (χ0) is 13.2. The van der Waals surface area contributed by atoms with E-state index in [2.05, 4.69) is 24.3 Å². The Hall–Kier alpha value is -1.35. The van der Waals surface area contributed by atoms with Crippen LogP contribution in [0.1, 0.15) is 42.7 Å². The zero-order valence-corrected chi connectivity index (χ0v) is 11.3. The van der Waals surface area contributed by atoms with Crippen LogP contribution in [0.15, 0.2) is 24.3 Å². The van der Waals surface area contributed by atoms with E-state index >= 15 is 0 Å². The number of hydrogen-bond acceptors (Lipinski definition) is 2. The fraction of sp³-hybridized carbons (Fsp3) is 0.562. The van der Waals surface area contributed by atoms with E-state index in [4.69, 9.17) is 5.73 Å². The summed E-state index contributed by atoms with van der Waals surface area (Å²) in [6.07, 6.45) is 5.05. The van der Waals surface area contributed by atoms with E-state index in [1.54, 1.807) is 0 Å². The SMILES string of the molecule is NC1CCN(C(=O)Cc2ccc(C3CC3)cc2)CC1. The summed E-state index contributed by atoms with van der Waals surface area (Å²) >= 11 is 0. The molecule has 19 heavy (non-hydrogen) atoms. The van der Waals surface area contributed by atoms with Crippen molar-refractivity contribution in [1.82, 2.24) is 4.90 Å². The number of benzene rings is 1. The van der Waals surface area contributed by atoms with Gasteiger partial charge < -0.3 is 10.6 Å². The lowest BCUT2D eigenvalue weighted by atomic mass is 10.0. The second-order valence-electron chi connectivity index (χ2n) is 5.91. The molecule has 2 aliphatic rings. The summed E-state index contributed by atoms with van der Waals surface area (Å²) in [6, 6.07) is 8.88. The Labute approximate surface area is 114 Å². The summed E-state index contributed by atoms with van der Waals surface area (Å²) < 4.78 is 0. The van der Waals surface area contributed by atoms with Crippen LogP contribution in [0, 0.1) is 0 Å². The molecule has 3 rings (SSSR count). The van der Waals surface area contributed by atoms with E-state index in [1.807, 2.05) is 4.90 Å². The lowest BCUT2D eigenvalue weighted by Gasteiger charge is -2.30. The van der Waals surface area contributed by atoms with E-state index in [0.29, 0.717) is 6.42 Å². The molecular formula is C16H22N2O. The molecule has 3 heteroatoms. The van der Waals surface area contributed by atoms with Crippen molar-refractivity contribution < 1.29 is 4.79 Å². The van der Waals surface area contributed by atoms with Crippen molar-refractivity contribution in [3.63, 3.8) is 0 Å². The summed E-state index contributed by atoms with van der Waals surface area (Å²) in [4.78, 5) is 14.1. The molecular weight excluding hydrogens is 236 g/mol. The average molecular weight is 258 g/mol. The second-order valence-corrected chi connectivity index (χ2v) is 5.91. The Morgan fingerprint density at radius 2 is 1.74 bits per heavy atom. The molecule has 1 aromatic rings. The van der Waals surface area contributed by atoms with E-state index < -0.39 is 0 Å². The fourth-order valence-corrected chi connectivity index (χ4v) is 2.76. The van der Waals surface area contributed by atoms with E-state index in [0.717, 1.165) is 37.4 Å². The van der Waals surface area contributed by atoms with Crippen LogP contribution in [0.25, 0.3) is 0 Å². The molecule has 1 aliphatic carbocycles. The molecule has 1 saturated carbocycles. The van der Waals surface area contributed by atoms with Crippen LogP contribution in [-0.2, 0) is 11.2 Å². The lowest BCUT2D eigenvalue weighted by molar-refractivity contribution is -0.131. The molecule has 3 nitrogen and oxygen atoms in total. The second kappa shape index (κ2) is 5.33. The molecule has 0 aromatic heterocycles. The van der Waals surface area contributed by atoms with Crippen molar-refractivity contribution in [2.45, 2.75) is 44.1 Å². The normalized spacial score (nSPS) is 20.6. The summed E-state index contributed by atoms with van der Waals surface area (Å²) in [7, 11) is 0. The van der Waals surface area contributed by atoms with Gasteiger partial charge in [-0.3, -0.25) is 4.79 Å². The molecule has 0 spiro atoms. The van der Waals surface area contributed by atoms with Crippen molar-refractivity contribution in [3.05, 3.63) is 35.4 Å². The first-order chi connectivity index (χ1) is 9.22. The van der Waals surface area contributed by atoms with Crippen LogP contribution >= 0.6 is 0 Å². The van der Waals surface area contributed by atoms with Gasteiger partial charge >= 0.3 is 0 Å². The Kier molecular flexibility index (Phi) is 3.56. The molecule has 0 atom stereocenters. The molecule has 1 aromatic carbocycles. The third-order valence-corrected chi connectivity index (χ3v) is 4.28. The molecule has 0 radical (unpaired) electrons. The Bertz CT molecular complexity index is 442. The highest BCUT2D eigenvalue weighted by atomic mass is 16.2. The van der Waals surface area contributed by atoms with Crippen molar-refractivity contribution in [1.29, 1.82) is 0 Å². The smallest absolute Gasteiger partial charge is 0.226 e. The number of carbonyl (C=O) groups excluding carboxylic acids is 1. The molecule has 2 N–H and O–H groups in total. The third-order valence-electron chi connectivity index (χ3n) is 4.28. The summed E-state index contributed by atoms with van der Waals surface area (Å²) in [6.45, 7) is 1.64. The van der Waals surface area contributed by atoms with E-state index in [9.17, 15) is 4.79 Å². The quantitative estimate of drug-likeness (QED) is 0.902. The van der Waals surface area contributed by atoms with Gasteiger partial charge in [0, 0.05) is 19.1 Å². The largest absolute Gasteiger partial charge is 0.342 e. The first-order valence-electron chi connectivity index (χ1n) is 7.34. The standard InChI is InChI=1S/C16H22N2O/c17-15-7-9-18(10-8-15)16(19)11-12-1-3-13(4-2-12)14-5-6-14/h1-4,14-15H,5-11,17H2. The highest BCUT2D eigenvalue weighted by molar-refractivity contribution is 5.78. The van der Waals surface area contributed by atoms with E-state index in [-0.39, 0.29) is 11.9 Å². The van der Waals surface area contributed by atoms with Crippen LogP contribution in [0.5, 0.6) is 0 Å². The molecule has 1 amide bonds. The minimum absolute atomic E-state index is 0.242. The average Bonchev–Trinajstić information content (AvgIpc) is 3.25. The summed E-state index contributed by atoms with van der Waals surface area (Å²) in [5.74, 6) is 1.03.